The number of methoxy groups -OCH3 is 1. The Morgan fingerprint density at radius 1 is 1.45 bits per heavy atom. The van der Waals surface area contributed by atoms with Crippen molar-refractivity contribution in [1.29, 1.82) is 5.26 Å². The third-order valence-corrected chi connectivity index (χ3v) is 3.69. The number of hydrogen-bond donors (Lipinski definition) is 1. The number of nitriles is 1. The monoisotopic (exact) mass is 273 g/mol. The molecule has 1 heterocycles. The van der Waals surface area contributed by atoms with Crippen LogP contribution in [0.1, 0.15) is 26.3 Å². The van der Waals surface area contributed by atoms with E-state index in [9.17, 15) is 5.26 Å². The lowest BCUT2D eigenvalue weighted by Crippen LogP contribution is -2.53. The molecule has 1 aromatic rings. The van der Waals surface area contributed by atoms with Gasteiger partial charge in [0.25, 0.3) is 0 Å². The Kier molecular flexibility index (Phi) is 4.32. The fourth-order valence-corrected chi connectivity index (χ4v) is 2.52. The summed E-state index contributed by atoms with van der Waals surface area (Å²) in [7, 11) is 1.71. The van der Waals surface area contributed by atoms with Gasteiger partial charge in [-0.2, -0.15) is 5.26 Å². The fourth-order valence-electron chi connectivity index (χ4n) is 2.52. The molecule has 0 spiro atoms. The molecule has 0 fully saturated rings. The van der Waals surface area contributed by atoms with Gasteiger partial charge in [-0.3, -0.25) is 0 Å². The first-order valence-electron chi connectivity index (χ1n) is 6.99. The largest absolute Gasteiger partial charge is 0.382 e. The molecule has 2 atom stereocenters. The summed E-state index contributed by atoms with van der Waals surface area (Å²) in [5.41, 5.74) is 5.72. The lowest BCUT2D eigenvalue weighted by atomic mass is 9.88. The topological polar surface area (TPSA) is 48.3 Å². The molecule has 0 aromatic heterocycles. The molecule has 0 saturated carbocycles. The summed E-state index contributed by atoms with van der Waals surface area (Å²) >= 11 is 0. The van der Waals surface area contributed by atoms with Crippen LogP contribution in [0.5, 0.6) is 0 Å². The van der Waals surface area contributed by atoms with Crippen LogP contribution in [0.2, 0.25) is 0 Å². The van der Waals surface area contributed by atoms with Crippen LogP contribution in [-0.4, -0.2) is 25.8 Å². The molecule has 0 aliphatic carbocycles. The van der Waals surface area contributed by atoms with Crippen molar-refractivity contribution in [2.24, 2.45) is 5.41 Å². The van der Waals surface area contributed by atoms with Gasteiger partial charge >= 0.3 is 0 Å². The first-order valence-corrected chi connectivity index (χ1v) is 6.99. The lowest BCUT2D eigenvalue weighted by Gasteiger charge is -2.34. The highest BCUT2D eigenvalue weighted by Crippen LogP contribution is 2.32. The van der Waals surface area contributed by atoms with E-state index in [-0.39, 0.29) is 17.5 Å². The smallest absolute Gasteiger partial charge is 0.118 e. The molecule has 4 heteroatoms. The lowest BCUT2D eigenvalue weighted by molar-refractivity contribution is 0.170. The summed E-state index contributed by atoms with van der Waals surface area (Å²) in [6.45, 7) is 6.85. The number of anilines is 1. The second-order valence-electron chi connectivity index (χ2n) is 6.37. The predicted molar refractivity (Wildman–Crippen MR) is 80.3 cm³/mol. The van der Waals surface area contributed by atoms with Gasteiger partial charge in [-0.1, -0.05) is 39.0 Å². The number of benzene rings is 1. The Bertz CT molecular complexity index is 501. The Morgan fingerprint density at radius 3 is 2.75 bits per heavy atom. The Labute approximate surface area is 121 Å². The second kappa shape index (κ2) is 5.82. The molecule has 4 nitrogen and oxygen atoms in total. The van der Waals surface area contributed by atoms with E-state index in [1.807, 2.05) is 6.07 Å². The molecule has 0 bridgehead atoms. The number of fused-ring (bicyclic) bond motifs is 1. The number of ether oxygens (including phenoxy) is 1. The molecule has 0 radical (unpaired) electrons. The predicted octanol–water partition coefficient (Wildman–Crippen LogP) is 2.51. The minimum Gasteiger partial charge on any atom is -0.382 e. The summed E-state index contributed by atoms with van der Waals surface area (Å²) in [5.74, 6) is 0. The number of nitrogens with one attached hydrogen (secondary N) is 1. The van der Waals surface area contributed by atoms with Crippen LogP contribution >= 0.6 is 0 Å². The van der Waals surface area contributed by atoms with Crippen LogP contribution in [0.25, 0.3) is 0 Å². The van der Waals surface area contributed by atoms with Crippen molar-refractivity contribution in [3.63, 3.8) is 0 Å². The molecule has 20 heavy (non-hydrogen) atoms. The van der Waals surface area contributed by atoms with Crippen LogP contribution in [0.4, 0.5) is 5.69 Å². The first kappa shape index (κ1) is 14.8. The summed E-state index contributed by atoms with van der Waals surface area (Å²) in [6, 6.07) is 10.7. The quantitative estimate of drug-likeness (QED) is 0.915. The van der Waals surface area contributed by atoms with Crippen LogP contribution in [0, 0.1) is 16.7 Å². The number of hydrazine groups is 1. The summed E-state index contributed by atoms with van der Waals surface area (Å²) in [6.07, 6.45) is 0.944. The highest BCUT2D eigenvalue weighted by Gasteiger charge is 2.33. The van der Waals surface area contributed by atoms with E-state index in [1.54, 1.807) is 7.11 Å². The molecule has 0 saturated heterocycles. The molecular formula is C16H23N3O. The normalized spacial score (nSPS) is 19.6. The number of nitrogens with zero attached hydrogens (tertiary/aromatic N) is 2. The molecule has 1 N–H and O–H groups in total. The van der Waals surface area contributed by atoms with Gasteiger partial charge in [0.15, 0.2) is 0 Å². The minimum atomic E-state index is -0.243. The summed E-state index contributed by atoms with van der Waals surface area (Å²) in [5, 5.41) is 11.5. The molecule has 1 aromatic carbocycles. The van der Waals surface area contributed by atoms with E-state index in [4.69, 9.17) is 4.74 Å². The van der Waals surface area contributed by atoms with Gasteiger partial charge in [0.2, 0.25) is 0 Å². The van der Waals surface area contributed by atoms with Crippen LogP contribution in [-0.2, 0) is 11.2 Å². The SMILES string of the molecule is COC[C@@H]1Cc2ccccc2N1N[C@@H](C#N)C(C)(C)C. The van der Waals surface area contributed by atoms with Gasteiger partial charge in [-0.15, -0.1) is 0 Å². The van der Waals surface area contributed by atoms with Crippen LogP contribution in [0.3, 0.4) is 0 Å². The molecule has 1 aliphatic heterocycles. The Hall–Kier alpha value is -1.57. The van der Waals surface area contributed by atoms with Crippen LogP contribution in [0.15, 0.2) is 24.3 Å². The van der Waals surface area contributed by atoms with Crippen LogP contribution < -0.4 is 10.4 Å². The average molecular weight is 273 g/mol. The maximum Gasteiger partial charge on any atom is 0.118 e. The second-order valence-corrected chi connectivity index (χ2v) is 6.37. The van der Waals surface area contributed by atoms with Crippen molar-refractivity contribution >= 4 is 5.69 Å². The van der Waals surface area contributed by atoms with E-state index in [1.165, 1.54) is 5.56 Å². The molecule has 0 amide bonds. The van der Waals surface area contributed by atoms with Gasteiger partial charge in [0.05, 0.1) is 24.4 Å². The van der Waals surface area contributed by atoms with Crippen molar-refractivity contribution in [3.05, 3.63) is 29.8 Å². The zero-order valence-corrected chi connectivity index (χ0v) is 12.7. The third-order valence-electron chi connectivity index (χ3n) is 3.69. The first-order chi connectivity index (χ1) is 9.47. The van der Waals surface area contributed by atoms with E-state index >= 15 is 0 Å². The van der Waals surface area contributed by atoms with E-state index in [2.05, 4.69) is 55.5 Å². The number of para-hydroxylation sites is 1. The van der Waals surface area contributed by atoms with Crippen molar-refractivity contribution < 1.29 is 4.74 Å². The standard InChI is InChI=1S/C16H23N3O/c1-16(2,3)15(10-17)18-19-13(11-20-4)9-12-7-5-6-8-14(12)19/h5-8,13,15,18H,9,11H2,1-4H3/t13-,15-/m0/s1. The number of hydrogen-bond acceptors (Lipinski definition) is 4. The van der Waals surface area contributed by atoms with E-state index in [0.29, 0.717) is 6.61 Å². The Balaban J connectivity index is 2.25. The molecule has 108 valence electrons. The van der Waals surface area contributed by atoms with E-state index in [0.717, 1.165) is 12.1 Å². The van der Waals surface area contributed by atoms with Crippen molar-refractivity contribution in [3.8, 4) is 6.07 Å². The number of rotatable bonds is 4. The van der Waals surface area contributed by atoms with Crippen molar-refractivity contribution in [1.82, 2.24) is 5.43 Å². The third kappa shape index (κ3) is 2.95. The van der Waals surface area contributed by atoms with Crippen molar-refractivity contribution in [2.75, 3.05) is 18.7 Å². The molecule has 2 rings (SSSR count). The van der Waals surface area contributed by atoms with Gasteiger partial charge in [-0.25, -0.2) is 5.43 Å². The molecular weight excluding hydrogens is 250 g/mol. The molecule has 1 aliphatic rings. The highest BCUT2D eigenvalue weighted by molar-refractivity contribution is 5.58. The van der Waals surface area contributed by atoms with Gasteiger partial charge in [-0.05, 0) is 23.5 Å². The highest BCUT2D eigenvalue weighted by atomic mass is 16.5. The minimum absolute atomic E-state index is 0.121. The van der Waals surface area contributed by atoms with Gasteiger partial charge in [0.1, 0.15) is 6.04 Å². The zero-order chi connectivity index (χ0) is 14.8. The average Bonchev–Trinajstić information content (AvgIpc) is 2.72. The zero-order valence-electron chi connectivity index (χ0n) is 12.7. The summed E-state index contributed by atoms with van der Waals surface area (Å²) < 4.78 is 5.32. The van der Waals surface area contributed by atoms with Gasteiger partial charge in [0, 0.05) is 7.11 Å². The maximum atomic E-state index is 9.42. The summed E-state index contributed by atoms with van der Waals surface area (Å²) in [4.78, 5) is 0. The van der Waals surface area contributed by atoms with Crippen molar-refractivity contribution in [2.45, 2.75) is 39.3 Å². The van der Waals surface area contributed by atoms with E-state index < -0.39 is 0 Å². The van der Waals surface area contributed by atoms with Gasteiger partial charge < -0.3 is 9.75 Å². The Morgan fingerprint density at radius 2 is 2.15 bits per heavy atom. The fraction of sp³-hybridized carbons (Fsp3) is 0.562. The molecule has 0 unspecified atom stereocenters. The maximum absolute atomic E-state index is 9.42.